The number of para-hydroxylation sites is 1. The van der Waals surface area contributed by atoms with E-state index in [2.05, 4.69) is 59.7 Å². The number of nitrogens with one attached hydrogen (secondary N) is 2. The Balaban J connectivity index is 1.46. The van der Waals surface area contributed by atoms with E-state index in [0.29, 0.717) is 6.04 Å². The molecule has 7 nitrogen and oxygen atoms in total. The Morgan fingerprint density at radius 2 is 1.97 bits per heavy atom. The highest BCUT2D eigenvalue weighted by molar-refractivity contribution is 5.79. The number of aromatic nitrogens is 2. The zero-order valence-electron chi connectivity index (χ0n) is 18.6. The van der Waals surface area contributed by atoms with E-state index in [4.69, 9.17) is 9.73 Å². The van der Waals surface area contributed by atoms with E-state index in [1.807, 2.05) is 22.9 Å². The number of hydrogen-bond donors (Lipinski definition) is 2. The number of aliphatic imine (C=N–C) groups is 1. The van der Waals surface area contributed by atoms with Crippen LogP contribution in [0, 0.1) is 6.92 Å². The summed E-state index contributed by atoms with van der Waals surface area (Å²) in [7, 11) is 0. The molecule has 1 saturated heterocycles. The molecule has 2 aromatic rings. The van der Waals surface area contributed by atoms with Gasteiger partial charge < -0.3 is 15.4 Å². The molecule has 0 aliphatic carbocycles. The molecule has 1 aliphatic rings. The topological polar surface area (TPSA) is 66.7 Å². The molecule has 0 bridgehead atoms. The number of hydrogen-bond acceptors (Lipinski definition) is 4. The normalized spacial score (nSPS) is 16.4. The van der Waals surface area contributed by atoms with E-state index in [0.717, 1.165) is 76.1 Å². The Kier molecular flexibility index (Phi) is 8.71. The summed E-state index contributed by atoms with van der Waals surface area (Å²) in [5.41, 5.74) is 3.49. The Morgan fingerprint density at radius 3 is 2.70 bits per heavy atom. The number of ether oxygens (including phenoxy) is 1. The van der Waals surface area contributed by atoms with Crippen molar-refractivity contribution in [1.82, 2.24) is 25.3 Å². The van der Waals surface area contributed by atoms with E-state index in [1.165, 1.54) is 5.56 Å². The maximum absolute atomic E-state index is 5.44. The van der Waals surface area contributed by atoms with E-state index in [9.17, 15) is 0 Å². The Labute approximate surface area is 180 Å². The molecular weight excluding hydrogens is 376 g/mol. The van der Waals surface area contributed by atoms with Crippen LogP contribution in [0.1, 0.15) is 31.5 Å². The van der Waals surface area contributed by atoms with E-state index < -0.39 is 0 Å². The molecule has 0 amide bonds. The number of benzene rings is 1. The van der Waals surface area contributed by atoms with Crippen LogP contribution in [0.25, 0.3) is 5.69 Å². The summed E-state index contributed by atoms with van der Waals surface area (Å²) in [6.45, 7) is 12.6. The first-order valence-electron chi connectivity index (χ1n) is 11.1. The van der Waals surface area contributed by atoms with Crippen molar-refractivity contribution in [3.8, 4) is 5.69 Å². The lowest BCUT2D eigenvalue weighted by molar-refractivity contribution is 0.0220. The second kappa shape index (κ2) is 11.7. The number of guanidine groups is 1. The summed E-state index contributed by atoms with van der Waals surface area (Å²) in [5.74, 6) is 0.898. The van der Waals surface area contributed by atoms with Crippen LogP contribution in [0.15, 0.2) is 41.5 Å². The molecule has 0 spiro atoms. The molecular formula is C23H36N6O. The van der Waals surface area contributed by atoms with Crippen LogP contribution in [0.5, 0.6) is 0 Å². The summed E-state index contributed by atoms with van der Waals surface area (Å²) >= 11 is 0. The maximum Gasteiger partial charge on any atom is 0.191 e. The predicted molar refractivity (Wildman–Crippen MR) is 122 cm³/mol. The number of rotatable bonds is 9. The molecule has 30 heavy (non-hydrogen) atoms. The minimum atomic E-state index is 0.427. The minimum absolute atomic E-state index is 0.427. The monoisotopic (exact) mass is 412 g/mol. The van der Waals surface area contributed by atoms with Gasteiger partial charge in [0, 0.05) is 38.4 Å². The molecule has 3 rings (SSSR count). The highest BCUT2D eigenvalue weighted by Crippen LogP contribution is 2.13. The zero-order chi connectivity index (χ0) is 21.2. The lowest BCUT2D eigenvalue weighted by Crippen LogP contribution is -2.44. The van der Waals surface area contributed by atoms with Crippen LogP contribution < -0.4 is 10.6 Å². The first kappa shape index (κ1) is 22.3. The average Bonchev–Trinajstić information content (AvgIpc) is 3.16. The number of morpholine rings is 1. The van der Waals surface area contributed by atoms with Crippen molar-refractivity contribution in [3.63, 3.8) is 0 Å². The van der Waals surface area contributed by atoms with Gasteiger partial charge in [0.25, 0.3) is 0 Å². The quantitative estimate of drug-likeness (QED) is 0.376. The van der Waals surface area contributed by atoms with Crippen LogP contribution >= 0.6 is 0 Å². The average molecular weight is 413 g/mol. The van der Waals surface area contributed by atoms with Crippen molar-refractivity contribution in [3.05, 3.63) is 47.8 Å². The van der Waals surface area contributed by atoms with E-state index in [-0.39, 0.29) is 0 Å². The van der Waals surface area contributed by atoms with Crippen molar-refractivity contribution in [2.75, 3.05) is 45.9 Å². The van der Waals surface area contributed by atoms with Gasteiger partial charge in [0.2, 0.25) is 0 Å². The second-order valence-corrected chi connectivity index (χ2v) is 7.77. The molecule has 2 heterocycles. The third-order valence-electron chi connectivity index (χ3n) is 5.46. The van der Waals surface area contributed by atoms with Crippen LogP contribution in [-0.4, -0.2) is 72.6 Å². The van der Waals surface area contributed by atoms with Gasteiger partial charge in [0.1, 0.15) is 0 Å². The van der Waals surface area contributed by atoms with Gasteiger partial charge in [-0.2, -0.15) is 5.10 Å². The fourth-order valence-electron chi connectivity index (χ4n) is 3.64. The summed E-state index contributed by atoms with van der Waals surface area (Å²) < 4.78 is 7.41. The van der Waals surface area contributed by atoms with Crippen molar-refractivity contribution in [1.29, 1.82) is 0 Å². The van der Waals surface area contributed by atoms with Crippen molar-refractivity contribution >= 4 is 5.96 Å². The Morgan fingerprint density at radius 1 is 1.20 bits per heavy atom. The molecule has 2 N–H and O–H groups in total. The molecule has 7 heteroatoms. The summed E-state index contributed by atoms with van der Waals surface area (Å²) in [6.07, 6.45) is 4.17. The maximum atomic E-state index is 5.44. The second-order valence-electron chi connectivity index (χ2n) is 7.77. The van der Waals surface area contributed by atoms with Gasteiger partial charge in [0.05, 0.1) is 31.1 Å². The van der Waals surface area contributed by atoms with Crippen molar-refractivity contribution in [2.24, 2.45) is 4.99 Å². The standard InChI is InChI=1S/C23H36N6O/c1-4-24-23(26-17-19(2)28-13-15-30-16-14-28)25-12-8-9-21-18-29(27-20(21)3)22-10-6-5-7-11-22/h5-7,10-11,18-19H,4,8-9,12-17H2,1-3H3,(H2,24,25,26). The highest BCUT2D eigenvalue weighted by atomic mass is 16.5. The van der Waals surface area contributed by atoms with Crippen molar-refractivity contribution < 1.29 is 4.74 Å². The van der Waals surface area contributed by atoms with Gasteiger partial charge in [-0.05, 0) is 51.3 Å². The third kappa shape index (κ3) is 6.57. The van der Waals surface area contributed by atoms with Crippen LogP contribution in [0.3, 0.4) is 0 Å². The SMILES string of the molecule is CCNC(=NCC(C)N1CCOCC1)NCCCc1cn(-c2ccccc2)nc1C. The van der Waals surface area contributed by atoms with Crippen LogP contribution in [0.4, 0.5) is 0 Å². The lowest BCUT2D eigenvalue weighted by atomic mass is 10.1. The molecule has 164 valence electrons. The van der Waals surface area contributed by atoms with Gasteiger partial charge in [-0.1, -0.05) is 18.2 Å². The fraction of sp³-hybridized carbons (Fsp3) is 0.565. The zero-order valence-corrected chi connectivity index (χ0v) is 18.6. The van der Waals surface area contributed by atoms with Crippen LogP contribution in [0.2, 0.25) is 0 Å². The van der Waals surface area contributed by atoms with Gasteiger partial charge >= 0.3 is 0 Å². The lowest BCUT2D eigenvalue weighted by Gasteiger charge is -2.31. The first-order valence-corrected chi connectivity index (χ1v) is 11.1. The molecule has 1 aromatic heterocycles. The minimum Gasteiger partial charge on any atom is -0.379 e. The van der Waals surface area contributed by atoms with E-state index >= 15 is 0 Å². The van der Waals surface area contributed by atoms with Gasteiger partial charge in [0.15, 0.2) is 5.96 Å². The summed E-state index contributed by atoms with van der Waals surface area (Å²) in [5, 5.41) is 11.5. The van der Waals surface area contributed by atoms with E-state index in [1.54, 1.807) is 0 Å². The molecule has 0 radical (unpaired) electrons. The van der Waals surface area contributed by atoms with Gasteiger partial charge in [-0.15, -0.1) is 0 Å². The van der Waals surface area contributed by atoms with Gasteiger partial charge in [-0.3, -0.25) is 9.89 Å². The smallest absolute Gasteiger partial charge is 0.191 e. The van der Waals surface area contributed by atoms with Gasteiger partial charge in [-0.25, -0.2) is 4.68 Å². The highest BCUT2D eigenvalue weighted by Gasteiger charge is 2.16. The number of aryl methyl sites for hydroxylation is 2. The molecule has 0 saturated carbocycles. The van der Waals surface area contributed by atoms with Crippen molar-refractivity contribution in [2.45, 2.75) is 39.7 Å². The third-order valence-corrected chi connectivity index (χ3v) is 5.46. The predicted octanol–water partition coefficient (Wildman–Crippen LogP) is 2.39. The largest absolute Gasteiger partial charge is 0.379 e. The molecule has 1 aromatic carbocycles. The Hall–Kier alpha value is -2.38. The Bertz CT molecular complexity index is 782. The molecule has 1 atom stereocenters. The first-order chi connectivity index (χ1) is 14.7. The summed E-state index contributed by atoms with van der Waals surface area (Å²) in [4.78, 5) is 7.24. The molecule has 1 unspecified atom stereocenters. The number of nitrogens with zero attached hydrogens (tertiary/aromatic N) is 4. The molecule has 1 fully saturated rings. The molecule has 1 aliphatic heterocycles. The summed E-state index contributed by atoms with van der Waals surface area (Å²) in [6, 6.07) is 10.7. The van der Waals surface area contributed by atoms with Crippen LogP contribution in [-0.2, 0) is 11.2 Å². The fourth-order valence-corrected chi connectivity index (χ4v) is 3.64.